The van der Waals surface area contributed by atoms with E-state index in [2.05, 4.69) is 47.8 Å². The summed E-state index contributed by atoms with van der Waals surface area (Å²) in [5.41, 5.74) is 1.29. The largest absolute Gasteiger partial charge is 0.492 e. The number of halogens is 1. The molecule has 2 nitrogen and oxygen atoms in total. The van der Waals surface area contributed by atoms with Gasteiger partial charge in [-0.3, -0.25) is 0 Å². The summed E-state index contributed by atoms with van der Waals surface area (Å²) in [5.74, 6) is 0.953. The fraction of sp³-hybridized carbons (Fsp3) is 0.158. The lowest BCUT2D eigenvalue weighted by Gasteiger charge is -2.10. The lowest BCUT2D eigenvalue weighted by atomic mass is 10.1. The lowest BCUT2D eigenvalue weighted by molar-refractivity contribution is 0.317. The molecule has 114 valence electrons. The molecule has 0 spiro atoms. The second kappa shape index (κ2) is 8.42. The Morgan fingerprint density at radius 1 is 0.773 bits per heavy atom. The van der Waals surface area contributed by atoms with Crippen LogP contribution in [0.1, 0.15) is 5.56 Å². The maximum absolute atomic E-state index is 5.89. The summed E-state index contributed by atoms with van der Waals surface area (Å²) >= 11 is 0. The quantitative estimate of drug-likeness (QED) is 0.680. The van der Waals surface area contributed by atoms with Gasteiger partial charge < -0.3 is 10.1 Å². The molecule has 22 heavy (non-hydrogen) atoms. The molecule has 0 unspecified atom stereocenters. The molecule has 0 radical (unpaired) electrons. The summed E-state index contributed by atoms with van der Waals surface area (Å²) < 4.78 is 5.89. The molecular weight excluding hydrogens is 294 g/mol. The van der Waals surface area contributed by atoms with Gasteiger partial charge >= 0.3 is 0 Å². The van der Waals surface area contributed by atoms with Gasteiger partial charge in [0, 0.05) is 18.5 Å². The summed E-state index contributed by atoms with van der Waals surface area (Å²) in [6, 6.07) is 24.9. The molecule has 3 aromatic rings. The van der Waals surface area contributed by atoms with Crippen molar-refractivity contribution in [1.82, 2.24) is 5.32 Å². The highest BCUT2D eigenvalue weighted by Gasteiger charge is 2.00. The van der Waals surface area contributed by atoms with E-state index >= 15 is 0 Å². The molecule has 1 N–H and O–H groups in total. The summed E-state index contributed by atoms with van der Waals surface area (Å²) in [6.07, 6.45) is 0. The number of hydrogen-bond donors (Lipinski definition) is 1. The Bertz CT molecular complexity index is 695. The number of hydrogen-bond acceptors (Lipinski definition) is 2. The van der Waals surface area contributed by atoms with E-state index in [1.165, 1.54) is 16.3 Å². The monoisotopic (exact) mass is 313 g/mol. The van der Waals surface area contributed by atoms with Gasteiger partial charge in [-0.25, -0.2) is 0 Å². The summed E-state index contributed by atoms with van der Waals surface area (Å²) in [4.78, 5) is 0. The minimum Gasteiger partial charge on any atom is -0.492 e. The van der Waals surface area contributed by atoms with E-state index < -0.39 is 0 Å². The number of benzene rings is 3. The van der Waals surface area contributed by atoms with Crippen molar-refractivity contribution in [3.8, 4) is 5.75 Å². The van der Waals surface area contributed by atoms with Gasteiger partial charge in [0.05, 0.1) is 0 Å². The summed E-state index contributed by atoms with van der Waals surface area (Å²) in [6.45, 7) is 2.37. The molecule has 3 heteroatoms. The number of rotatable bonds is 6. The van der Waals surface area contributed by atoms with Gasteiger partial charge in [-0.1, -0.05) is 66.7 Å². The van der Waals surface area contributed by atoms with E-state index in [-0.39, 0.29) is 12.4 Å². The molecule has 0 heterocycles. The highest BCUT2D eigenvalue weighted by Crippen LogP contribution is 2.24. The van der Waals surface area contributed by atoms with Crippen LogP contribution in [0.5, 0.6) is 5.75 Å². The fourth-order valence-corrected chi connectivity index (χ4v) is 2.38. The average molecular weight is 314 g/mol. The fourth-order valence-electron chi connectivity index (χ4n) is 2.38. The first-order valence-corrected chi connectivity index (χ1v) is 7.29. The molecule has 0 aliphatic heterocycles. The Morgan fingerprint density at radius 3 is 2.36 bits per heavy atom. The Kier molecular flexibility index (Phi) is 6.26. The Labute approximate surface area is 137 Å². The van der Waals surface area contributed by atoms with Crippen LogP contribution in [0.15, 0.2) is 72.8 Å². The van der Waals surface area contributed by atoms with E-state index in [4.69, 9.17) is 4.74 Å². The molecule has 0 saturated heterocycles. The van der Waals surface area contributed by atoms with Crippen molar-refractivity contribution in [1.29, 1.82) is 0 Å². The van der Waals surface area contributed by atoms with Crippen molar-refractivity contribution < 1.29 is 4.74 Å². The van der Waals surface area contributed by atoms with Crippen molar-refractivity contribution in [3.63, 3.8) is 0 Å². The molecule has 0 aliphatic rings. The zero-order chi connectivity index (χ0) is 14.3. The van der Waals surface area contributed by atoms with E-state index in [1.54, 1.807) is 0 Å². The minimum absolute atomic E-state index is 0. The molecular formula is C19H20ClNO. The predicted molar refractivity (Wildman–Crippen MR) is 94.8 cm³/mol. The topological polar surface area (TPSA) is 21.3 Å². The highest BCUT2D eigenvalue weighted by atomic mass is 35.5. The number of ether oxygens (including phenoxy) is 1. The van der Waals surface area contributed by atoms with Crippen molar-refractivity contribution in [2.75, 3.05) is 13.2 Å². The van der Waals surface area contributed by atoms with E-state index in [1.807, 2.05) is 30.3 Å². The van der Waals surface area contributed by atoms with Gasteiger partial charge in [-0.05, 0) is 17.0 Å². The minimum atomic E-state index is 0. The standard InChI is InChI=1S/C19H19NO.ClH/c1-2-7-16(8-3-1)15-20-13-14-21-19-12-6-10-17-9-4-5-11-18(17)19;/h1-12,20H,13-15H2;1H. The zero-order valence-corrected chi connectivity index (χ0v) is 13.2. The van der Waals surface area contributed by atoms with Gasteiger partial charge in [0.25, 0.3) is 0 Å². The first-order valence-electron chi connectivity index (χ1n) is 7.29. The molecule has 0 fully saturated rings. The highest BCUT2D eigenvalue weighted by molar-refractivity contribution is 5.88. The van der Waals surface area contributed by atoms with Crippen molar-refractivity contribution in [2.45, 2.75) is 6.54 Å². The zero-order valence-electron chi connectivity index (χ0n) is 12.4. The van der Waals surface area contributed by atoms with Crippen LogP contribution in [-0.2, 0) is 6.54 Å². The van der Waals surface area contributed by atoms with Crippen molar-refractivity contribution in [3.05, 3.63) is 78.4 Å². The third kappa shape index (κ3) is 4.23. The third-order valence-electron chi connectivity index (χ3n) is 3.46. The second-order valence-electron chi connectivity index (χ2n) is 4.99. The smallest absolute Gasteiger partial charge is 0.127 e. The molecule has 0 amide bonds. The van der Waals surface area contributed by atoms with E-state index in [9.17, 15) is 0 Å². The van der Waals surface area contributed by atoms with Crippen LogP contribution in [0.3, 0.4) is 0 Å². The van der Waals surface area contributed by atoms with E-state index in [0.29, 0.717) is 6.61 Å². The number of nitrogens with one attached hydrogen (secondary N) is 1. The molecule has 3 aromatic carbocycles. The molecule has 0 saturated carbocycles. The Morgan fingerprint density at radius 2 is 1.50 bits per heavy atom. The maximum Gasteiger partial charge on any atom is 0.127 e. The molecule has 0 atom stereocenters. The van der Waals surface area contributed by atoms with Gasteiger partial charge in [0.2, 0.25) is 0 Å². The maximum atomic E-state index is 5.89. The molecule has 0 aliphatic carbocycles. The number of fused-ring (bicyclic) bond motifs is 1. The summed E-state index contributed by atoms with van der Waals surface area (Å²) in [5, 5.41) is 5.78. The second-order valence-corrected chi connectivity index (χ2v) is 4.99. The first-order chi connectivity index (χ1) is 10.4. The van der Waals surface area contributed by atoms with Gasteiger partial charge in [-0.2, -0.15) is 0 Å². The molecule has 0 bridgehead atoms. The SMILES string of the molecule is Cl.c1ccc(CNCCOc2cccc3ccccc23)cc1. The van der Waals surface area contributed by atoms with Crippen LogP contribution >= 0.6 is 12.4 Å². The van der Waals surface area contributed by atoms with E-state index in [0.717, 1.165) is 18.8 Å². The van der Waals surface area contributed by atoms with Crippen LogP contribution < -0.4 is 10.1 Å². The van der Waals surface area contributed by atoms with Crippen LogP contribution in [0.25, 0.3) is 10.8 Å². The lowest BCUT2D eigenvalue weighted by Crippen LogP contribution is -2.20. The molecule has 3 rings (SSSR count). The summed E-state index contributed by atoms with van der Waals surface area (Å²) in [7, 11) is 0. The van der Waals surface area contributed by atoms with Gasteiger partial charge in [0.1, 0.15) is 12.4 Å². The van der Waals surface area contributed by atoms with Crippen LogP contribution in [0.2, 0.25) is 0 Å². The average Bonchev–Trinajstić information content (AvgIpc) is 2.56. The van der Waals surface area contributed by atoms with Crippen molar-refractivity contribution in [2.24, 2.45) is 0 Å². The third-order valence-corrected chi connectivity index (χ3v) is 3.46. The predicted octanol–water partition coefficient (Wildman–Crippen LogP) is 4.43. The van der Waals surface area contributed by atoms with Crippen molar-refractivity contribution >= 4 is 23.2 Å². The normalized spacial score (nSPS) is 10.2. The molecule has 0 aromatic heterocycles. The Hall–Kier alpha value is -2.03. The van der Waals surface area contributed by atoms with Gasteiger partial charge in [0.15, 0.2) is 0 Å². The first kappa shape index (κ1) is 16.3. The Balaban J connectivity index is 0.00000176. The van der Waals surface area contributed by atoms with Gasteiger partial charge in [-0.15, -0.1) is 12.4 Å². The van der Waals surface area contributed by atoms with Crippen LogP contribution in [-0.4, -0.2) is 13.2 Å². The van der Waals surface area contributed by atoms with Crippen LogP contribution in [0, 0.1) is 0 Å². The van der Waals surface area contributed by atoms with Crippen LogP contribution in [0.4, 0.5) is 0 Å².